The van der Waals surface area contributed by atoms with E-state index in [2.05, 4.69) is 36.2 Å². The van der Waals surface area contributed by atoms with Gasteiger partial charge in [0.15, 0.2) is 5.78 Å². The molecule has 0 aliphatic carbocycles. The topological polar surface area (TPSA) is 32.9 Å². The Labute approximate surface area is 140 Å². The van der Waals surface area contributed by atoms with Gasteiger partial charge >= 0.3 is 0 Å². The van der Waals surface area contributed by atoms with Gasteiger partial charge in [-0.15, -0.1) is 11.8 Å². The number of nitrogens with one attached hydrogen (secondary N) is 1. The number of H-pyrrole nitrogens is 1. The van der Waals surface area contributed by atoms with Gasteiger partial charge in [0, 0.05) is 21.4 Å². The lowest BCUT2D eigenvalue weighted by atomic mass is 10.0. The van der Waals surface area contributed by atoms with E-state index in [-0.39, 0.29) is 5.78 Å². The van der Waals surface area contributed by atoms with E-state index in [1.807, 2.05) is 30.3 Å². The molecule has 0 aliphatic heterocycles. The van der Waals surface area contributed by atoms with Gasteiger partial charge in [-0.25, -0.2) is 0 Å². The van der Waals surface area contributed by atoms with E-state index in [1.165, 1.54) is 0 Å². The van der Waals surface area contributed by atoms with E-state index in [0.29, 0.717) is 0 Å². The quantitative estimate of drug-likeness (QED) is 0.628. The Bertz CT molecular complexity index is 862. The second-order valence-corrected chi connectivity index (χ2v) is 6.64. The number of benzene rings is 2. The van der Waals surface area contributed by atoms with Crippen LogP contribution in [0.1, 0.15) is 19.4 Å². The second-order valence-electron chi connectivity index (χ2n) is 5.34. The third-order valence-electron chi connectivity index (χ3n) is 3.65. The molecule has 23 heavy (non-hydrogen) atoms. The van der Waals surface area contributed by atoms with Gasteiger partial charge in [0.1, 0.15) is 0 Å². The van der Waals surface area contributed by atoms with Crippen LogP contribution in [-0.2, 0) is 4.79 Å². The van der Waals surface area contributed by atoms with E-state index < -0.39 is 0 Å². The van der Waals surface area contributed by atoms with E-state index in [0.717, 1.165) is 38.4 Å². The van der Waals surface area contributed by atoms with Crippen LogP contribution >= 0.6 is 11.8 Å². The molecule has 0 fully saturated rings. The normalized spacial score (nSPS) is 11.8. The number of fused-ring (bicyclic) bond motifs is 1. The van der Waals surface area contributed by atoms with Crippen LogP contribution in [0.2, 0.25) is 0 Å². The highest BCUT2D eigenvalue weighted by Crippen LogP contribution is 2.40. The summed E-state index contributed by atoms with van der Waals surface area (Å²) in [5, 5.41) is 1.15. The summed E-state index contributed by atoms with van der Waals surface area (Å²) in [7, 11) is 0. The fourth-order valence-electron chi connectivity index (χ4n) is 2.75. The molecule has 3 heteroatoms. The molecule has 1 heterocycles. The molecule has 0 bridgehead atoms. The highest BCUT2D eigenvalue weighted by molar-refractivity contribution is 8.08. The molecule has 0 saturated carbocycles. The van der Waals surface area contributed by atoms with Gasteiger partial charge in [-0.2, -0.15) is 0 Å². The molecule has 2 nitrogen and oxygen atoms in total. The Balaban J connectivity index is 2.30. The molecule has 2 aromatic carbocycles. The van der Waals surface area contributed by atoms with Crippen LogP contribution < -0.4 is 0 Å². The number of hydrogen-bond donors (Lipinski definition) is 1. The van der Waals surface area contributed by atoms with Crippen molar-refractivity contribution in [2.45, 2.75) is 13.8 Å². The van der Waals surface area contributed by atoms with Crippen LogP contribution in [0.25, 0.3) is 27.1 Å². The monoisotopic (exact) mass is 321 g/mol. The molecule has 3 rings (SSSR count). The van der Waals surface area contributed by atoms with Crippen LogP contribution in [0, 0.1) is 0 Å². The summed E-state index contributed by atoms with van der Waals surface area (Å²) in [6, 6.07) is 18.5. The minimum absolute atomic E-state index is 0.0743. The molecule has 0 aliphatic rings. The summed E-state index contributed by atoms with van der Waals surface area (Å²) in [6.45, 7) is 3.71. The minimum atomic E-state index is 0.0743. The van der Waals surface area contributed by atoms with Crippen LogP contribution in [0.3, 0.4) is 0 Å². The van der Waals surface area contributed by atoms with Gasteiger partial charge in [-0.3, -0.25) is 4.79 Å². The van der Waals surface area contributed by atoms with Crippen LogP contribution in [0.4, 0.5) is 0 Å². The highest BCUT2D eigenvalue weighted by Gasteiger charge is 2.17. The first-order chi connectivity index (χ1) is 11.2. The van der Waals surface area contributed by atoms with Crippen molar-refractivity contribution in [1.82, 2.24) is 4.98 Å². The van der Waals surface area contributed by atoms with Crippen LogP contribution in [0.5, 0.6) is 0 Å². The van der Waals surface area contributed by atoms with Crippen molar-refractivity contribution in [2.75, 3.05) is 5.75 Å². The van der Waals surface area contributed by atoms with E-state index in [1.54, 1.807) is 24.8 Å². The Kier molecular flexibility index (Phi) is 4.68. The van der Waals surface area contributed by atoms with E-state index >= 15 is 0 Å². The molecule has 0 spiro atoms. The molecule has 1 aromatic heterocycles. The maximum Gasteiger partial charge on any atom is 0.153 e. The van der Waals surface area contributed by atoms with Gasteiger partial charge < -0.3 is 4.98 Å². The predicted octanol–water partition coefficient (Wildman–Crippen LogP) is 5.52. The van der Waals surface area contributed by atoms with Crippen molar-refractivity contribution in [3.8, 4) is 11.3 Å². The fraction of sp³-hybridized carbons (Fsp3) is 0.150. The minimum Gasteiger partial charge on any atom is -0.354 e. The standard InChI is InChI=1S/C20H19NOS/c1-3-23-18(13-14(2)22)19-16-11-7-8-12-17(16)21-20(19)15-9-5-4-6-10-15/h4-13,21H,3H2,1-2H3. The number of ketones is 1. The summed E-state index contributed by atoms with van der Waals surface area (Å²) in [5.74, 6) is 0.998. The van der Waals surface area contributed by atoms with Crippen molar-refractivity contribution in [1.29, 1.82) is 0 Å². The third-order valence-corrected chi connectivity index (χ3v) is 4.57. The van der Waals surface area contributed by atoms with Crippen molar-refractivity contribution in [3.05, 3.63) is 66.2 Å². The molecule has 3 aromatic rings. The number of carbonyl (C=O) groups excluding carboxylic acids is 1. The third kappa shape index (κ3) is 3.25. The summed E-state index contributed by atoms with van der Waals surface area (Å²) < 4.78 is 0. The van der Waals surface area contributed by atoms with Gasteiger partial charge in [0.25, 0.3) is 0 Å². The first kappa shape index (κ1) is 15.6. The van der Waals surface area contributed by atoms with Crippen LogP contribution in [0.15, 0.2) is 60.7 Å². The summed E-state index contributed by atoms with van der Waals surface area (Å²) in [5.41, 5.74) is 4.41. The number of rotatable bonds is 5. The summed E-state index contributed by atoms with van der Waals surface area (Å²) in [4.78, 5) is 16.3. The van der Waals surface area contributed by atoms with Crippen molar-refractivity contribution >= 4 is 33.4 Å². The smallest absolute Gasteiger partial charge is 0.153 e. The Morgan fingerprint density at radius 3 is 2.48 bits per heavy atom. The lowest BCUT2D eigenvalue weighted by Crippen LogP contribution is -1.90. The average Bonchev–Trinajstić information content (AvgIpc) is 2.94. The highest BCUT2D eigenvalue weighted by atomic mass is 32.2. The molecule has 0 radical (unpaired) electrons. The molecule has 0 atom stereocenters. The van der Waals surface area contributed by atoms with Gasteiger partial charge in [0.05, 0.1) is 5.69 Å². The number of hydrogen-bond acceptors (Lipinski definition) is 2. The molecular weight excluding hydrogens is 302 g/mol. The number of aromatic nitrogens is 1. The number of thioether (sulfide) groups is 1. The molecule has 1 N–H and O–H groups in total. The predicted molar refractivity (Wildman–Crippen MR) is 101 cm³/mol. The van der Waals surface area contributed by atoms with E-state index in [4.69, 9.17) is 0 Å². The summed E-state index contributed by atoms with van der Waals surface area (Å²) in [6.07, 6.45) is 1.75. The maximum absolute atomic E-state index is 11.7. The fourth-order valence-corrected chi connectivity index (χ4v) is 3.66. The Hall–Kier alpha value is -2.26. The lowest BCUT2D eigenvalue weighted by Gasteiger charge is -2.09. The lowest BCUT2D eigenvalue weighted by molar-refractivity contribution is -0.112. The van der Waals surface area contributed by atoms with E-state index in [9.17, 15) is 4.79 Å². The van der Waals surface area contributed by atoms with Gasteiger partial charge in [-0.05, 0) is 30.4 Å². The molecule has 0 unspecified atom stereocenters. The second kappa shape index (κ2) is 6.88. The van der Waals surface area contributed by atoms with Crippen molar-refractivity contribution < 1.29 is 4.79 Å². The van der Waals surface area contributed by atoms with Crippen LogP contribution in [-0.4, -0.2) is 16.5 Å². The SMILES string of the molecule is CCSC(=CC(C)=O)c1c(-c2ccccc2)[nH]c2ccccc12. The van der Waals surface area contributed by atoms with Gasteiger partial charge in [-0.1, -0.05) is 55.5 Å². The zero-order chi connectivity index (χ0) is 16.2. The Morgan fingerprint density at radius 2 is 1.78 bits per heavy atom. The number of aromatic amines is 1. The first-order valence-corrected chi connectivity index (χ1v) is 8.71. The zero-order valence-electron chi connectivity index (χ0n) is 13.3. The average molecular weight is 321 g/mol. The molecule has 0 saturated heterocycles. The summed E-state index contributed by atoms with van der Waals surface area (Å²) >= 11 is 1.71. The van der Waals surface area contributed by atoms with Crippen molar-refractivity contribution in [3.63, 3.8) is 0 Å². The van der Waals surface area contributed by atoms with Crippen molar-refractivity contribution in [2.24, 2.45) is 0 Å². The largest absolute Gasteiger partial charge is 0.354 e. The molecule has 116 valence electrons. The molecule has 0 amide bonds. The molecular formula is C20H19NOS. The number of carbonyl (C=O) groups is 1. The maximum atomic E-state index is 11.7. The number of allylic oxidation sites excluding steroid dienone is 1. The number of para-hydroxylation sites is 1. The van der Waals surface area contributed by atoms with Gasteiger partial charge in [0.2, 0.25) is 0 Å². The first-order valence-electron chi connectivity index (χ1n) is 7.72. The Morgan fingerprint density at radius 1 is 1.09 bits per heavy atom. The zero-order valence-corrected chi connectivity index (χ0v) is 14.1.